The molecule has 2 aliphatic carbocycles. The van der Waals surface area contributed by atoms with Crippen LogP contribution in [0.5, 0.6) is 0 Å². The van der Waals surface area contributed by atoms with Gasteiger partial charge in [0.2, 0.25) is 0 Å². The predicted molar refractivity (Wildman–Crippen MR) is 92.5 cm³/mol. The minimum absolute atomic E-state index is 0.0668. The molecule has 1 heterocycles. The zero-order valence-corrected chi connectivity index (χ0v) is 14.3. The SMILES string of the molecule is Cc1onc(-c2ccccc2)c1C(=O)N[C@H](C)[C@H]1C[C@H]2CC[C@H]1C2. The quantitative estimate of drug-likeness (QED) is 0.917. The lowest BCUT2D eigenvalue weighted by atomic mass is 9.84. The summed E-state index contributed by atoms with van der Waals surface area (Å²) in [6.45, 7) is 3.95. The minimum atomic E-state index is -0.0668. The Kier molecular flexibility index (Phi) is 3.91. The second-order valence-corrected chi connectivity index (χ2v) is 7.43. The van der Waals surface area contributed by atoms with Crippen LogP contribution < -0.4 is 5.32 Å². The smallest absolute Gasteiger partial charge is 0.257 e. The number of nitrogens with one attached hydrogen (secondary N) is 1. The number of hydrogen-bond donors (Lipinski definition) is 1. The summed E-state index contributed by atoms with van der Waals surface area (Å²) < 4.78 is 5.32. The largest absolute Gasteiger partial charge is 0.360 e. The van der Waals surface area contributed by atoms with Crippen LogP contribution in [0, 0.1) is 24.7 Å². The third kappa shape index (κ3) is 2.64. The zero-order chi connectivity index (χ0) is 16.7. The first-order valence-electron chi connectivity index (χ1n) is 8.96. The Labute approximate surface area is 142 Å². The number of rotatable bonds is 4. The van der Waals surface area contributed by atoms with Gasteiger partial charge in [0, 0.05) is 11.6 Å². The number of benzene rings is 1. The summed E-state index contributed by atoms with van der Waals surface area (Å²) >= 11 is 0. The summed E-state index contributed by atoms with van der Waals surface area (Å²) in [7, 11) is 0. The third-order valence-corrected chi connectivity index (χ3v) is 5.93. The molecule has 2 saturated carbocycles. The molecule has 2 fully saturated rings. The average molecular weight is 324 g/mol. The zero-order valence-electron chi connectivity index (χ0n) is 14.3. The van der Waals surface area contributed by atoms with Gasteiger partial charge in [0.15, 0.2) is 0 Å². The number of nitrogens with zero attached hydrogens (tertiary/aromatic N) is 1. The fourth-order valence-electron chi connectivity index (χ4n) is 4.72. The molecule has 4 rings (SSSR count). The van der Waals surface area contributed by atoms with Gasteiger partial charge in [-0.15, -0.1) is 0 Å². The number of hydrogen-bond acceptors (Lipinski definition) is 3. The summed E-state index contributed by atoms with van der Waals surface area (Å²) in [5, 5.41) is 7.34. The van der Waals surface area contributed by atoms with E-state index >= 15 is 0 Å². The molecule has 4 atom stereocenters. The molecule has 2 aromatic rings. The maximum absolute atomic E-state index is 12.9. The van der Waals surface area contributed by atoms with Crippen molar-refractivity contribution < 1.29 is 9.32 Å². The van der Waals surface area contributed by atoms with E-state index in [0.29, 0.717) is 22.9 Å². The molecule has 0 saturated heterocycles. The van der Waals surface area contributed by atoms with Crippen LogP contribution in [0.1, 0.15) is 48.7 Å². The van der Waals surface area contributed by atoms with Crippen LogP contribution in [0.4, 0.5) is 0 Å². The molecule has 0 radical (unpaired) electrons. The first-order valence-corrected chi connectivity index (χ1v) is 8.96. The monoisotopic (exact) mass is 324 g/mol. The van der Waals surface area contributed by atoms with Gasteiger partial charge in [-0.1, -0.05) is 41.9 Å². The van der Waals surface area contributed by atoms with Crippen molar-refractivity contribution in [2.24, 2.45) is 17.8 Å². The van der Waals surface area contributed by atoms with Crippen molar-refractivity contribution in [1.82, 2.24) is 10.5 Å². The fraction of sp³-hybridized carbons (Fsp3) is 0.500. The summed E-state index contributed by atoms with van der Waals surface area (Å²) in [5.74, 6) is 2.81. The van der Waals surface area contributed by atoms with Gasteiger partial charge in [0.1, 0.15) is 17.0 Å². The Hall–Kier alpha value is -2.10. The van der Waals surface area contributed by atoms with E-state index in [-0.39, 0.29) is 11.9 Å². The third-order valence-electron chi connectivity index (χ3n) is 5.93. The van der Waals surface area contributed by atoms with Crippen LogP contribution in [0.3, 0.4) is 0 Å². The van der Waals surface area contributed by atoms with Crippen molar-refractivity contribution >= 4 is 5.91 Å². The second-order valence-electron chi connectivity index (χ2n) is 7.43. The van der Waals surface area contributed by atoms with Crippen molar-refractivity contribution in [1.29, 1.82) is 0 Å². The van der Waals surface area contributed by atoms with E-state index in [1.54, 1.807) is 6.92 Å². The molecule has 2 aliphatic rings. The van der Waals surface area contributed by atoms with Gasteiger partial charge >= 0.3 is 0 Å². The van der Waals surface area contributed by atoms with Gasteiger partial charge in [0.25, 0.3) is 5.91 Å². The van der Waals surface area contributed by atoms with Crippen LogP contribution in [0.2, 0.25) is 0 Å². The highest BCUT2D eigenvalue weighted by Crippen LogP contribution is 2.49. The van der Waals surface area contributed by atoms with Gasteiger partial charge in [-0.25, -0.2) is 0 Å². The molecule has 4 heteroatoms. The van der Waals surface area contributed by atoms with Crippen LogP contribution in [-0.2, 0) is 0 Å². The highest BCUT2D eigenvalue weighted by Gasteiger charge is 2.42. The number of fused-ring (bicyclic) bond motifs is 2. The van der Waals surface area contributed by atoms with E-state index in [9.17, 15) is 4.79 Å². The van der Waals surface area contributed by atoms with Gasteiger partial charge in [0.05, 0.1) is 0 Å². The fourth-order valence-corrected chi connectivity index (χ4v) is 4.72. The van der Waals surface area contributed by atoms with E-state index in [2.05, 4.69) is 17.4 Å². The highest BCUT2D eigenvalue weighted by atomic mass is 16.5. The van der Waals surface area contributed by atoms with Crippen molar-refractivity contribution in [3.8, 4) is 11.3 Å². The lowest BCUT2D eigenvalue weighted by molar-refractivity contribution is 0.0914. The van der Waals surface area contributed by atoms with E-state index in [0.717, 1.165) is 17.4 Å². The van der Waals surface area contributed by atoms with E-state index in [4.69, 9.17) is 4.52 Å². The van der Waals surface area contributed by atoms with Crippen LogP contribution in [-0.4, -0.2) is 17.1 Å². The number of carbonyl (C=O) groups is 1. The Bertz CT molecular complexity index is 737. The second kappa shape index (κ2) is 6.08. The summed E-state index contributed by atoms with van der Waals surface area (Å²) in [6, 6.07) is 9.94. The van der Waals surface area contributed by atoms with E-state index < -0.39 is 0 Å². The molecular weight excluding hydrogens is 300 g/mol. The molecule has 1 aromatic carbocycles. The van der Waals surface area contributed by atoms with Crippen molar-refractivity contribution in [3.63, 3.8) is 0 Å². The number of aryl methyl sites for hydroxylation is 1. The maximum Gasteiger partial charge on any atom is 0.257 e. The predicted octanol–water partition coefficient (Wildman–Crippen LogP) is 4.20. The molecule has 4 nitrogen and oxygen atoms in total. The Balaban J connectivity index is 1.54. The van der Waals surface area contributed by atoms with Gasteiger partial charge < -0.3 is 9.84 Å². The van der Waals surface area contributed by atoms with E-state index in [1.807, 2.05) is 30.3 Å². The molecular formula is C20H24N2O2. The Morgan fingerprint density at radius 1 is 1.25 bits per heavy atom. The average Bonchev–Trinajstić information content (AvgIpc) is 3.30. The molecule has 126 valence electrons. The molecule has 1 amide bonds. The summed E-state index contributed by atoms with van der Waals surface area (Å²) in [5.41, 5.74) is 2.11. The normalized spacial score (nSPS) is 26.5. The molecule has 0 unspecified atom stereocenters. The molecule has 1 aromatic heterocycles. The molecule has 0 spiro atoms. The molecule has 1 N–H and O–H groups in total. The minimum Gasteiger partial charge on any atom is -0.360 e. The summed E-state index contributed by atoms with van der Waals surface area (Å²) in [4.78, 5) is 12.9. The van der Waals surface area contributed by atoms with Crippen molar-refractivity contribution in [2.45, 2.75) is 45.6 Å². The Morgan fingerprint density at radius 3 is 2.71 bits per heavy atom. The molecule has 0 aliphatic heterocycles. The molecule has 24 heavy (non-hydrogen) atoms. The Morgan fingerprint density at radius 2 is 2.04 bits per heavy atom. The van der Waals surface area contributed by atoms with Gasteiger partial charge in [-0.3, -0.25) is 4.79 Å². The van der Waals surface area contributed by atoms with Gasteiger partial charge in [-0.2, -0.15) is 0 Å². The van der Waals surface area contributed by atoms with Gasteiger partial charge in [-0.05, 0) is 50.9 Å². The van der Waals surface area contributed by atoms with Crippen LogP contribution >= 0.6 is 0 Å². The summed E-state index contributed by atoms with van der Waals surface area (Å²) in [6.07, 6.45) is 5.33. The number of carbonyl (C=O) groups excluding carboxylic acids is 1. The molecule has 2 bridgehead atoms. The first kappa shape index (κ1) is 15.4. The lowest BCUT2D eigenvalue weighted by Crippen LogP contribution is -2.40. The lowest BCUT2D eigenvalue weighted by Gasteiger charge is -2.28. The maximum atomic E-state index is 12.9. The topological polar surface area (TPSA) is 55.1 Å². The van der Waals surface area contributed by atoms with Crippen LogP contribution in [0.15, 0.2) is 34.9 Å². The highest BCUT2D eigenvalue weighted by molar-refractivity contribution is 6.00. The first-order chi connectivity index (χ1) is 11.6. The number of amides is 1. The van der Waals surface area contributed by atoms with Crippen LogP contribution in [0.25, 0.3) is 11.3 Å². The van der Waals surface area contributed by atoms with Crippen molar-refractivity contribution in [3.05, 3.63) is 41.7 Å². The standard InChI is InChI=1S/C20H24N2O2/c1-12(17-11-14-8-9-16(17)10-14)21-20(23)18-13(2)24-22-19(18)15-6-4-3-5-7-15/h3-7,12,14,16-17H,8-11H2,1-2H3,(H,21,23)/t12-,14+,16+,17-/m1/s1. The number of aromatic nitrogens is 1. The van der Waals surface area contributed by atoms with E-state index in [1.165, 1.54) is 25.7 Å². The van der Waals surface area contributed by atoms with Crippen molar-refractivity contribution in [2.75, 3.05) is 0 Å².